The highest BCUT2D eigenvalue weighted by molar-refractivity contribution is 14.1. The summed E-state index contributed by atoms with van der Waals surface area (Å²) in [4.78, 5) is 16.9. The number of aromatic nitrogens is 1. The molecule has 2 heterocycles. The van der Waals surface area contributed by atoms with Gasteiger partial charge in [0.2, 0.25) is 11.8 Å². The first-order valence-corrected chi connectivity index (χ1v) is 12.6. The molecule has 0 spiro atoms. The average Bonchev–Trinajstić information content (AvgIpc) is 3.51. The molecule has 0 unspecified atom stereocenters. The van der Waals surface area contributed by atoms with Crippen molar-refractivity contribution in [1.29, 1.82) is 0 Å². The van der Waals surface area contributed by atoms with E-state index in [0.29, 0.717) is 39.2 Å². The molecule has 2 aromatic heterocycles. The molecule has 0 saturated heterocycles. The number of carbonyl (C=O) groups is 1. The van der Waals surface area contributed by atoms with Crippen LogP contribution >= 0.6 is 46.4 Å². The zero-order valence-corrected chi connectivity index (χ0v) is 22.2. The molecule has 0 atom stereocenters. The quantitative estimate of drug-likeness (QED) is 0.119. The minimum atomic E-state index is -0.388. The topological polar surface area (TPSA) is 80.3 Å². The Hall–Kier alpha value is -3.47. The molecule has 0 bridgehead atoms. The number of oxazole rings is 1. The number of rotatable bonds is 5. The Balaban J connectivity index is 1.19. The van der Waals surface area contributed by atoms with Gasteiger partial charge in [-0.05, 0) is 120 Å². The lowest BCUT2D eigenvalue weighted by molar-refractivity contribution is -0.115. The number of hydrogen-bond acceptors (Lipinski definition) is 5. The maximum absolute atomic E-state index is 12.3. The molecule has 2 N–H and O–H groups in total. The molecule has 9 heteroatoms. The standard InChI is InChI=1S/C27H17ClIN3O3S/c28-18-5-1-16(2-6-18)23-13-10-21(34-23)11-14-25(33)32-27(36)30-20-9-12-24-22(15-20)31-26(35-24)17-3-7-19(29)8-4-17/h1-15H,(H2,30,32,33,36)/b14-11+. The number of furan rings is 1. The summed E-state index contributed by atoms with van der Waals surface area (Å²) >= 11 is 13.5. The Kier molecular flexibility index (Phi) is 7.17. The van der Waals surface area contributed by atoms with Crippen LogP contribution in [0.1, 0.15) is 5.76 Å². The monoisotopic (exact) mass is 625 g/mol. The highest BCUT2D eigenvalue weighted by atomic mass is 127. The van der Waals surface area contributed by atoms with Crippen LogP contribution < -0.4 is 10.6 Å². The molecule has 5 aromatic rings. The van der Waals surface area contributed by atoms with Crippen LogP contribution in [0.3, 0.4) is 0 Å². The van der Waals surface area contributed by atoms with E-state index in [2.05, 4.69) is 38.2 Å². The van der Waals surface area contributed by atoms with Crippen molar-refractivity contribution < 1.29 is 13.6 Å². The number of carbonyl (C=O) groups excluding carboxylic acids is 1. The van der Waals surface area contributed by atoms with E-state index in [1.165, 1.54) is 6.08 Å². The second kappa shape index (κ2) is 10.7. The van der Waals surface area contributed by atoms with Gasteiger partial charge in [-0.1, -0.05) is 11.6 Å². The molecule has 6 nitrogen and oxygen atoms in total. The zero-order valence-electron chi connectivity index (χ0n) is 18.5. The third-order valence-corrected chi connectivity index (χ3v) is 6.30. The predicted octanol–water partition coefficient (Wildman–Crippen LogP) is 7.54. The fourth-order valence-corrected chi connectivity index (χ4v) is 4.11. The largest absolute Gasteiger partial charge is 0.457 e. The van der Waals surface area contributed by atoms with Crippen molar-refractivity contribution in [3.05, 3.63) is 99.3 Å². The van der Waals surface area contributed by atoms with Gasteiger partial charge >= 0.3 is 0 Å². The lowest BCUT2D eigenvalue weighted by Gasteiger charge is -2.07. The van der Waals surface area contributed by atoms with Crippen LogP contribution in [-0.2, 0) is 4.79 Å². The smallest absolute Gasteiger partial charge is 0.250 e. The molecule has 5 rings (SSSR count). The van der Waals surface area contributed by atoms with Gasteiger partial charge in [0.15, 0.2) is 10.7 Å². The minimum absolute atomic E-state index is 0.159. The highest BCUT2D eigenvalue weighted by Crippen LogP contribution is 2.27. The normalized spacial score (nSPS) is 11.2. The van der Waals surface area contributed by atoms with Gasteiger partial charge in [-0.25, -0.2) is 4.98 Å². The number of halogens is 2. The summed E-state index contributed by atoms with van der Waals surface area (Å²) in [6.07, 6.45) is 2.93. The summed E-state index contributed by atoms with van der Waals surface area (Å²) in [6.45, 7) is 0. The fourth-order valence-electron chi connectivity index (χ4n) is 3.41. The molecule has 0 saturated carbocycles. The van der Waals surface area contributed by atoms with Crippen LogP contribution in [0.25, 0.3) is 40.0 Å². The van der Waals surface area contributed by atoms with Gasteiger partial charge in [-0.15, -0.1) is 0 Å². The van der Waals surface area contributed by atoms with Crippen molar-refractivity contribution in [2.75, 3.05) is 5.32 Å². The number of anilines is 1. The van der Waals surface area contributed by atoms with E-state index in [9.17, 15) is 4.79 Å². The predicted molar refractivity (Wildman–Crippen MR) is 155 cm³/mol. The van der Waals surface area contributed by atoms with Crippen LogP contribution in [0.5, 0.6) is 0 Å². The Morgan fingerprint density at radius 3 is 2.47 bits per heavy atom. The van der Waals surface area contributed by atoms with Crippen LogP contribution in [-0.4, -0.2) is 16.0 Å². The fraction of sp³-hybridized carbons (Fsp3) is 0. The third-order valence-electron chi connectivity index (χ3n) is 5.13. The summed E-state index contributed by atoms with van der Waals surface area (Å²) in [6, 6.07) is 24.3. The van der Waals surface area contributed by atoms with Crippen molar-refractivity contribution in [1.82, 2.24) is 10.3 Å². The maximum Gasteiger partial charge on any atom is 0.250 e. The van der Waals surface area contributed by atoms with Gasteiger partial charge in [0, 0.05) is 31.5 Å². The summed E-state index contributed by atoms with van der Waals surface area (Å²) in [5.74, 6) is 1.36. The van der Waals surface area contributed by atoms with Gasteiger partial charge in [-0.2, -0.15) is 0 Å². The highest BCUT2D eigenvalue weighted by Gasteiger charge is 2.10. The molecule has 0 radical (unpaired) electrons. The van der Waals surface area contributed by atoms with Crippen LogP contribution in [0, 0.1) is 3.57 Å². The van der Waals surface area contributed by atoms with Crippen LogP contribution in [0.2, 0.25) is 5.02 Å². The van der Waals surface area contributed by atoms with Gasteiger partial charge < -0.3 is 14.2 Å². The lowest BCUT2D eigenvalue weighted by Crippen LogP contribution is -2.32. The van der Waals surface area contributed by atoms with Crippen molar-refractivity contribution in [3.63, 3.8) is 0 Å². The second-order valence-corrected chi connectivity index (χ2v) is 9.78. The molecule has 3 aromatic carbocycles. The number of thiocarbonyl (C=S) groups is 1. The van der Waals surface area contributed by atoms with E-state index in [1.54, 1.807) is 36.4 Å². The minimum Gasteiger partial charge on any atom is -0.457 e. The number of hydrogen-bond donors (Lipinski definition) is 2. The van der Waals surface area contributed by atoms with Crippen molar-refractivity contribution in [3.8, 4) is 22.8 Å². The molecule has 0 fully saturated rings. The number of nitrogens with zero attached hydrogens (tertiary/aromatic N) is 1. The summed E-state index contributed by atoms with van der Waals surface area (Å²) < 4.78 is 12.8. The molecular formula is C27H17ClIN3O3S. The van der Waals surface area contributed by atoms with Gasteiger partial charge in [0.1, 0.15) is 17.0 Å². The van der Waals surface area contributed by atoms with Gasteiger partial charge in [0.25, 0.3) is 0 Å². The van der Waals surface area contributed by atoms with Crippen molar-refractivity contribution in [2.45, 2.75) is 0 Å². The Bertz CT molecular complexity index is 1590. The number of amides is 1. The van der Waals surface area contributed by atoms with Crippen molar-refractivity contribution >= 4 is 80.3 Å². The number of benzene rings is 3. The van der Waals surface area contributed by atoms with Gasteiger partial charge in [-0.3, -0.25) is 10.1 Å². The number of fused-ring (bicyclic) bond motifs is 1. The molecule has 178 valence electrons. The van der Waals surface area contributed by atoms with E-state index in [-0.39, 0.29) is 11.0 Å². The van der Waals surface area contributed by atoms with E-state index < -0.39 is 0 Å². The first-order valence-electron chi connectivity index (χ1n) is 10.8. The maximum atomic E-state index is 12.3. The average molecular weight is 626 g/mol. The Labute approximate surface area is 230 Å². The lowest BCUT2D eigenvalue weighted by atomic mass is 10.2. The first kappa shape index (κ1) is 24.2. The first-order chi connectivity index (χ1) is 17.4. The summed E-state index contributed by atoms with van der Waals surface area (Å²) in [5.41, 5.74) is 3.80. The molecule has 0 aliphatic carbocycles. The van der Waals surface area contributed by atoms with E-state index in [4.69, 9.17) is 32.7 Å². The SMILES string of the molecule is O=C(/C=C/c1ccc(-c2ccc(Cl)cc2)o1)NC(=S)Nc1ccc2oc(-c3ccc(I)cc3)nc2c1. The zero-order chi connectivity index (χ0) is 25.1. The third kappa shape index (κ3) is 5.84. The van der Waals surface area contributed by atoms with Gasteiger partial charge in [0.05, 0.1) is 0 Å². The molecular weight excluding hydrogens is 609 g/mol. The van der Waals surface area contributed by atoms with Crippen LogP contribution in [0.15, 0.2) is 93.8 Å². The van der Waals surface area contributed by atoms with Crippen molar-refractivity contribution in [2.24, 2.45) is 0 Å². The van der Waals surface area contributed by atoms with Crippen LogP contribution in [0.4, 0.5) is 5.69 Å². The molecule has 0 aliphatic heterocycles. The Morgan fingerprint density at radius 1 is 0.944 bits per heavy atom. The molecule has 1 amide bonds. The van der Waals surface area contributed by atoms with E-state index in [0.717, 1.165) is 14.7 Å². The van der Waals surface area contributed by atoms with E-state index >= 15 is 0 Å². The van der Waals surface area contributed by atoms with E-state index in [1.807, 2.05) is 48.5 Å². The summed E-state index contributed by atoms with van der Waals surface area (Å²) in [7, 11) is 0. The summed E-state index contributed by atoms with van der Waals surface area (Å²) in [5, 5.41) is 6.43. The molecule has 0 aliphatic rings. The molecule has 36 heavy (non-hydrogen) atoms. The second-order valence-electron chi connectivity index (χ2n) is 7.69. The number of nitrogens with one attached hydrogen (secondary N) is 2. The Morgan fingerprint density at radius 2 is 1.69 bits per heavy atom.